The average molecular weight is 410 g/mol. The summed E-state index contributed by atoms with van der Waals surface area (Å²) in [6.45, 7) is 2.66. The zero-order chi connectivity index (χ0) is 21.2. The highest BCUT2D eigenvalue weighted by Gasteiger charge is 2.31. The lowest BCUT2D eigenvalue weighted by molar-refractivity contribution is -0.274. The second kappa shape index (κ2) is 8.14. The first kappa shape index (κ1) is 20.7. The number of benzene rings is 1. The van der Waals surface area contributed by atoms with Crippen LogP contribution >= 0.6 is 0 Å². The Labute approximate surface area is 165 Å². The van der Waals surface area contributed by atoms with Crippen LogP contribution in [0.15, 0.2) is 24.3 Å². The number of amides is 2. The minimum atomic E-state index is -4.75. The summed E-state index contributed by atoms with van der Waals surface area (Å²) in [7, 11) is 1.84. The predicted molar refractivity (Wildman–Crippen MR) is 96.7 cm³/mol. The molecular formula is C19H21F3N4O3. The third-order valence-electron chi connectivity index (χ3n) is 4.71. The molecule has 7 nitrogen and oxygen atoms in total. The molecule has 0 bridgehead atoms. The quantitative estimate of drug-likeness (QED) is 0.819. The lowest BCUT2D eigenvalue weighted by atomic mass is 10.1. The number of nitrogens with one attached hydrogen (secondary N) is 1. The van der Waals surface area contributed by atoms with Gasteiger partial charge in [0, 0.05) is 26.9 Å². The third kappa shape index (κ3) is 5.27. The molecule has 0 saturated heterocycles. The number of fused-ring (bicyclic) bond motifs is 1. The number of nitrogens with zero attached hydrogens (tertiary/aromatic N) is 3. The Bertz CT molecular complexity index is 907. The molecule has 0 atom stereocenters. The molecule has 2 heterocycles. The number of alkyl halides is 3. The van der Waals surface area contributed by atoms with Crippen LogP contribution in [-0.4, -0.2) is 39.2 Å². The molecule has 3 rings (SSSR count). The van der Waals surface area contributed by atoms with Crippen molar-refractivity contribution in [1.29, 1.82) is 0 Å². The number of carbonyl (C=O) groups excluding carboxylic acids is 2. The molecule has 10 heteroatoms. The second-order valence-corrected chi connectivity index (χ2v) is 6.82. The van der Waals surface area contributed by atoms with E-state index in [4.69, 9.17) is 0 Å². The van der Waals surface area contributed by atoms with Gasteiger partial charge in [0.1, 0.15) is 11.6 Å². The van der Waals surface area contributed by atoms with Gasteiger partial charge in [0.25, 0.3) is 0 Å². The van der Waals surface area contributed by atoms with Gasteiger partial charge < -0.3 is 19.5 Å². The van der Waals surface area contributed by atoms with Gasteiger partial charge in [-0.15, -0.1) is 13.2 Å². The van der Waals surface area contributed by atoms with Crippen molar-refractivity contribution >= 4 is 11.8 Å². The SMILES string of the molecule is CC(=O)NCc1nc2c(n1C)CN(C(=O)Cc1ccc(OC(F)(F)F)cc1)CC2. The minimum absolute atomic E-state index is 0.0816. The molecule has 0 aliphatic carbocycles. The molecule has 1 N–H and O–H groups in total. The Hall–Kier alpha value is -3.04. The van der Waals surface area contributed by atoms with Crippen LogP contribution in [0, 0.1) is 0 Å². The number of hydrogen-bond donors (Lipinski definition) is 1. The number of aromatic nitrogens is 2. The summed E-state index contributed by atoms with van der Waals surface area (Å²) in [5, 5.41) is 2.71. The smallest absolute Gasteiger partial charge is 0.406 e. The van der Waals surface area contributed by atoms with Crippen LogP contribution in [0.1, 0.15) is 29.7 Å². The molecule has 156 valence electrons. The van der Waals surface area contributed by atoms with Gasteiger partial charge in [0.05, 0.1) is 30.9 Å². The summed E-state index contributed by atoms with van der Waals surface area (Å²) >= 11 is 0. The maximum absolute atomic E-state index is 12.7. The van der Waals surface area contributed by atoms with Crippen LogP contribution in [0.2, 0.25) is 0 Å². The van der Waals surface area contributed by atoms with E-state index in [1.165, 1.54) is 31.2 Å². The minimum Gasteiger partial charge on any atom is -0.406 e. The van der Waals surface area contributed by atoms with Crippen molar-refractivity contribution in [2.24, 2.45) is 7.05 Å². The molecule has 2 aromatic rings. The molecule has 1 aromatic heterocycles. The van der Waals surface area contributed by atoms with Gasteiger partial charge in [-0.1, -0.05) is 12.1 Å². The van der Waals surface area contributed by atoms with Crippen molar-refractivity contribution in [3.63, 3.8) is 0 Å². The van der Waals surface area contributed by atoms with E-state index in [-0.39, 0.29) is 24.0 Å². The van der Waals surface area contributed by atoms with Gasteiger partial charge >= 0.3 is 6.36 Å². The monoisotopic (exact) mass is 410 g/mol. The molecule has 0 unspecified atom stereocenters. The van der Waals surface area contributed by atoms with Gasteiger partial charge in [0.2, 0.25) is 11.8 Å². The Kier molecular flexibility index (Phi) is 5.81. The fraction of sp³-hybridized carbons (Fsp3) is 0.421. The Morgan fingerprint density at radius 1 is 1.24 bits per heavy atom. The van der Waals surface area contributed by atoms with Crippen LogP contribution in [0.3, 0.4) is 0 Å². The van der Waals surface area contributed by atoms with E-state index >= 15 is 0 Å². The number of rotatable bonds is 5. The molecule has 0 saturated carbocycles. The first-order valence-electron chi connectivity index (χ1n) is 9.02. The van der Waals surface area contributed by atoms with Crippen LogP contribution in [-0.2, 0) is 42.6 Å². The van der Waals surface area contributed by atoms with Crippen molar-refractivity contribution in [3.05, 3.63) is 47.0 Å². The maximum Gasteiger partial charge on any atom is 0.573 e. The Morgan fingerprint density at radius 3 is 2.55 bits per heavy atom. The topological polar surface area (TPSA) is 76.5 Å². The highest BCUT2D eigenvalue weighted by Crippen LogP contribution is 2.24. The largest absolute Gasteiger partial charge is 0.573 e. The molecule has 29 heavy (non-hydrogen) atoms. The van der Waals surface area contributed by atoms with Crippen molar-refractivity contribution in [3.8, 4) is 5.75 Å². The highest BCUT2D eigenvalue weighted by atomic mass is 19.4. The van der Waals surface area contributed by atoms with Gasteiger partial charge in [-0.3, -0.25) is 9.59 Å². The van der Waals surface area contributed by atoms with E-state index in [9.17, 15) is 22.8 Å². The molecule has 0 spiro atoms. The number of carbonyl (C=O) groups is 2. The van der Waals surface area contributed by atoms with E-state index in [1.807, 2.05) is 11.6 Å². The summed E-state index contributed by atoms with van der Waals surface area (Å²) in [4.78, 5) is 30.0. The van der Waals surface area contributed by atoms with Gasteiger partial charge in [-0.25, -0.2) is 4.98 Å². The van der Waals surface area contributed by atoms with E-state index in [2.05, 4.69) is 15.0 Å². The second-order valence-electron chi connectivity index (χ2n) is 6.82. The molecule has 0 radical (unpaired) electrons. The Balaban J connectivity index is 1.63. The molecule has 1 aliphatic heterocycles. The lowest BCUT2D eigenvalue weighted by Gasteiger charge is -2.27. The van der Waals surface area contributed by atoms with E-state index in [1.54, 1.807) is 4.90 Å². The van der Waals surface area contributed by atoms with Crippen LogP contribution in [0.4, 0.5) is 13.2 Å². The van der Waals surface area contributed by atoms with E-state index < -0.39 is 6.36 Å². The van der Waals surface area contributed by atoms with Crippen LogP contribution in [0.25, 0.3) is 0 Å². The third-order valence-corrected chi connectivity index (χ3v) is 4.71. The maximum atomic E-state index is 12.7. The van der Waals surface area contributed by atoms with Crippen LogP contribution in [0.5, 0.6) is 5.75 Å². The number of halogens is 3. The fourth-order valence-electron chi connectivity index (χ4n) is 3.21. The zero-order valence-electron chi connectivity index (χ0n) is 16.0. The average Bonchev–Trinajstić information content (AvgIpc) is 2.96. The normalized spacial score (nSPS) is 13.8. The molecule has 2 amide bonds. The lowest BCUT2D eigenvalue weighted by Crippen LogP contribution is -2.37. The van der Waals surface area contributed by atoms with Gasteiger partial charge in [0.15, 0.2) is 0 Å². The molecule has 0 fully saturated rings. The van der Waals surface area contributed by atoms with Crippen LogP contribution < -0.4 is 10.1 Å². The molecule has 1 aromatic carbocycles. The standard InChI is InChI=1S/C19H21F3N4O3/c1-12(27)23-10-17-24-15-7-8-26(11-16(15)25(17)2)18(28)9-13-3-5-14(6-4-13)29-19(20,21)22/h3-6H,7-11H2,1-2H3,(H,23,27). The molecular weight excluding hydrogens is 389 g/mol. The highest BCUT2D eigenvalue weighted by molar-refractivity contribution is 5.79. The van der Waals surface area contributed by atoms with Crippen molar-refractivity contribution in [2.45, 2.75) is 39.2 Å². The van der Waals surface area contributed by atoms with E-state index in [0.717, 1.165) is 17.2 Å². The summed E-state index contributed by atoms with van der Waals surface area (Å²) in [5.41, 5.74) is 2.43. The summed E-state index contributed by atoms with van der Waals surface area (Å²) in [6.07, 6.45) is -4.06. The van der Waals surface area contributed by atoms with Gasteiger partial charge in [-0.2, -0.15) is 0 Å². The van der Waals surface area contributed by atoms with E-state index in [0.29, 0.717) is 31.6 Å². The fourth-order valence-corrected chi connectivity index (χ4v) is 3.21. The summed E-state index contributed by atoms with van der Waals surface area (Å²) in [5.74, 6) is 0.136. The first-order valence-corrected chi connectivity index (χ1v) is 9.02. The summed E-state index contributed by atoms with van der Waals surface area (Å²) in [6, 6.07) is 5.29. The van der Waals surface area contributed by atoms with Crippen molar-refractivity contribution < 1.29 is 27.5 Å². The Morgan fingerprint density at radius 2 is 1.93 bits per heavy atom. The summed E-state index contributed by atoms with van der Waals surface area (Å²) < 4.78 is 42.4. The van der Waals surface area contributed by atoms with Crippen molar-refractivity contribution in [2.75, 3.05) is 6.54 Å². The van der Waals surface area contributed by atoms with Crippen molar-refractivity contribution in [1.82, 2.24) is 19.8 Å². The number of imidazole rings is 1. The predicted octanol–water partition coefficient (Wildman–Crippen LogP) is 2.08. The molecule has 1 aliphatic rings. The first-order chi connectivity index (χ1) is 13.6. The zero-order valence-corrected chi connectivity index (χ0v) is 16.0. The number of hydrogen-bond acceptors (Lipinski definition) is 4. The van der Waals surface area contributed by atoms with Gasteiger partial charge in [-0.05, 0) is 17.7 Å². The number of ether oxygens (including phenoxy) is 1.